The van der Waals surface area contributed by atoms with E-state index in [1.807, 2.05) is 12.1 Å². The number of halogens is 1. The van der Waals surface area contributed by atoms with Crippen LogP contribution in [0.1, 0.15) is 23.1 Å². The van der Waals surface area contributed by atoms with Gasteiger partial charge in [0.2, 0.25) is 5.91 Å². The number of benzene rings is 2. The smallest absolute Gasteiger partial charge is 0.265 e. The van der Waals surface area contributed by atoms with Crippen LogP contribution in [0.4, 0.5) is 11.4 Å². The predicted molar refractivity (Wildman–Crippen MR) is 144 cm³/mol. The number of rotatable bonds is 7. The van der Waals surface area contributed by atoms with E-state index in [1.54, 1.807) is 70.7 Å². The van der Waals surface area contributed by atoms with Crippen LogP contribution >= 0.6 is 11.6 Å². The summed E-state index contributed by atoms with van der Waals surface area (Å²) in [6, 6.07) is 12.4. The Labute approximate surface area is 222 Å². The maximum atomic E-state index is 14.1. The molecule has 0 aliphatic carbocycles. The number of hydrogen-bond donors (Lipinski definition) is 0. The molecule has 0 spiro atoms. The van der Waals surface area contributed by atoms with Gasteiger partial charge in [0.05, 0.1) is 22.7 Å². The molecule has 0 saturated carbocycles. The molecule has 1 aromatic heterocycles. The van der Waals surface area contributed by atoms with Gasteiger partial charge >= 0.3 is 0 Å². The van der Waals surface area contributed by atoms with Gasteiger partial charge in [-0.2, -0.15) is 0 Å². The molecule has 2 aromatic carbocycles. The number of nitrogens with zero attached hydrogens (tertiary/aromatic N) is 4. The Balaban J connectivity index is 1.71. The Morgan fingerprint density at radius 3 is 2.38 bits per heavy atom. The first-order valence-corrected chi connectivity index (χ1v) is 13.6. The molecule has 0 fully saturated rings. The highest BCUT2D eigenvalue weighted by atomic mass is 35.5. The fraction of sp³-hybridized carbons (Fsp3) is 0.296. The van der Waals surface area contributed by atoms with Crippen LogP contribution in [0.2, 0.25) is 5.02 Å². The number of aryl methyl sites for hydroxylation is 2. The quantitative estimate of drug-likeness (QED) is 0.452. The Kier molecular flexibility index (Phi) is 7.57. The van der Waals surface area contributed by atoms with Gasteiger partial charge in [0.25, 0.3) is 15.9 Å². The fourth-order valence-corrected chi connectivity index (χ4v) is 6.58. The van der Waals surface area contributed by atoms with E-state index in [2.05, 4.69) is 4.98 Å². The van der Waals surface area contributed by atoms with E-state index in [-0.39, 0.29) is 17.2 Å². The first-order valence-electron chi connectivity index (χ1n) is 11.8. The van der Waals surface area contributed by atoms with E-state index in [4.69, 9.17) is 11.6 Å². The monoisotopic (exact) mass is 540 g/mol. The highest BCUT2D eigenvalue weighted by Gasteiger charge is 2.45. The largest absolute Gasteiger partial charge is 0.345 e. The lowest BCUT2D eigenvalue weighted by atomic mass is 10.1. The van der Waals surface area contributed by atoms with Crippen molar-refractivity contribution in [3.05, 3.63) is 82.6 Å². The summed E-state index contributed by atoms with van der Waals surface area (Å²) in [6.45, 7) is 3.80. The number of pyridine rings is 1. The van der Waals surface area contributed by atoms with Gasteiger partial charge in [-0.1, -0.05) is 23.7 Å². The zero-order valence-electron chi connectivity index (χ0n) is 21.2. The molecule has 1 aliphatic heterocycles. The minimum atomic E-state index is -4.23. The van der Waals surface area contributed by atoms with E-state index in [0.29, 0.717) is 40.5 Å². The van der Waals surface area contributed by atoms with Gasteiger partial charge in [-0.05, 0) is 73.4 Å². The summed E-state index contributed by atoms with van der Waals surface area (Å²) in [6.07, 6.45) is 3.69. The molecule has 1 aliphatic rings. The molecule has 194 valence electrons. The third kappa shape index (κ3) is 5.19. The van der Waals surface area contributed by atoms with Crippen LogP contribution in [0.5, 0.6) is 0 Å². The van der Waals surface area contributed by atoms with Crippen molar-refractivity contribution in [1.29, 1.82) is 0 Å². The lowest BCUT2D eigenvalue weighted by Crippen LogP contribution is -2.56. The molecule has 8 nitrogen and oxygen atoms in total. The third-order valence-electron chi connectivity index (χ3n) is 6.65. The van der Waals surface area contributed by atoms with Crippen LogP contribution in [0, 0.1) is 13.8 Å². The Hall–Kier alpha value is -3.43. The van der Waals surface area contributed by atoms with Gasteiger partial charge in [-0.25, -0.2) is 8.42 Å². The molecule has 4 rings (SSSR count). The summed E-state index contributed by atoms with van der Waals surface area (Å²) in [5.41, 5.74) is 2.87. The van der Waals surface area contributed by atoms with Gasteiger partial charge in [0.1, 0.15) is 6.04 Å². The van der Waals surface area contributed by atoms with E-state index in [1.165, 1.54) is 15.9 Å². The number of hydrogen-bond acceptors (Lipinski definition) is 5. The van der Waals surface area contributed by atoms with Crippen LogP contribution in [-0.4, -0.2) is 56.8 Å². The van der Waals surface area contributed by atoms with Crippen molar-refractivity contribution < 1.29 is 18.0 Å². The van der Waals surface area contributed by atoms with Crippen molar-refractivity contribution in [1.82, 2.24) is 9.88 Å². The molecule has 0 radical (unpaired) electrons. The lowest BCUT2D eigenvalue weighted by molar-refractivity contribution is -0.132. The first kappa shape index (κ1) is 26.6. The minimum Gasteiger partial charge on any atom is -0.345 e. The highest BCUT2D eigenvalue weighted by molar-refractivity contribution is 7.93. The second-order valence-corrected chi connectivity index (χ2v) is 11.4. The van der Waals surface area contributed by atoms with Gasteiger partial charge in [-0.15, -0.1) is 0 Å². The maximum absolute atomic E-state index is 14.1. The van der Waals surface area contributed by atoms with Crippen molar-refractivity contribution in [3.8, 4) is 0 Å². The Morgan fingerprint density at radius 1 is 1.05 bits per heavy atom. The summed E-state index contributed by atoms with van der Waals surface area (Å²) < 4.78 is 29.4. The van der Waals surface area contributed by atoms with Crippen molar-refractivity contribution in [2.45, 2.75) is 37.6 Å². The van der Waals surface area contributed by atoms with Crippen LogP contribution < -0.4 is 9.21 Å². The molecular formula is C27H29ClN4O4S. The van der Waals surface area contributed by atoms with E-state index in [0.717, 1.165) is 9.87 Å². The van der Waals surface area contributed by atoms with E-state index in [9.17, 15) is 18.0 Å². The third-order valence-corrected chi connectivity index (χ3v) is 9.02. The number of para-hydroxylation sites is 2. The normalized spacial score (nSPS) is 15.5. The lowest BCUT2D eigenvalue weighted by Gasteiger charge is -2.41. The average molecular weight is 541 g/mol. The molecule has 10 heteroatoms. The van der Waals surface area contributed by atoms with Crippen molar-refractivity contribution in [3.63, 3.8) is 0 Å². The van der Waals surface area contributed by atoms with Crippen molar-refractivity contribution in [2.24, 2.45) is 0 Å². The molecule has 0 N–H and O–H groups in total. The molecule has 0 bridgehead atoms. The van der Waals surface area contributed by atoms with E-state index < -0.39 is 22.0 Å². The van der Waals surface area contributed by atoms with Crippen molar-refractivity contribution in [2.75, 3.05) is 29.8 Å². The van der Waals surface area contributed by atoms with E-state index >= 15 is 0 Å². The number of likely N-dealkylation sites (N-methyl/N-ethyl adjacent to an activating group) is 2. The second kappa shape index (κ2) is 10.5. The molecule has 2 amide bonds. The van der Waals surface area contributed by atoms with Crippen LogP contribution in [-0.2, 0) is 26.0 Å². The number of aromatic nitrogens is 1. The predicted octanol–water partition coefficient (Wildman–Crippen LogP) is 3.98. The van der Waals surface area contributed by atoms with Crippen LogP contribution in [0.15, 0.2) is 65.8 Å². The summed E-state index contributed by atoms with van der Waals surface area (Å²) >= 11 is 6.23. The fourth-order valence-electron chi connectivity index (χ4n) is 4.44. The second-order valence-electron chi connectivity index (χ2n) is 9.19. The van der Waals surface area contributed by atoms with Crippen molar-refractivity contribution >= 4 is 44.8 Å². The average Bonchev–Trinajstić information content (AvgIpc) is 2.88. The molecule has 3 aromatic rings. The Bertz CT molecular complexity index is 1450. The number of carbonyl (C=O) groups is 2. The molecule has 1 unspecified atom stereocenters. The first-order chi connectivity index (χ1) is 17.5. The van der Waals surface area contributed by atoms with Gasteiger partial charge in [0, 0.05) is 38.1 Å². The number of carbonyl (C=O) groups excluding carboxylic acids is 2. The number of anilines is 2. The zero-order valence-corrected chi connectivity index (χ0v) is 22.8. The zero-order chi connectivity index (χ0) is 26.9. The molecule has 37 heavy (non-hydrogen) atoms. The van der Waals surface area contributed by atoms with Gasteiger partial charge in [0.15, 0.2) is 0 Å². The van der Waals surface area contributed by atoms with Crippen LogP contribution in [0.3, 0.4) is 0 Å². The van der Waals surface area contributed by atoms with Gasteiger partial charge in [-0.3, -0.25) is 18.9 Å². The molecule has 1 atom stereocenters. The highest BCUT2D eigenvalue weighted by Crippen LogP contribution is 2.40. The molecular weight excluding hydrogens is 512 g/mol. The topological polar surface area (TPSA) is 90.9 Å². The Morgan fingerprint density at radius 2 is 1.70 bits per heavy atom. The maximum Gasteiger partial charge on any atom is 0.265 e. The molecule has 0 saturated heterocycles. The van der Waals surface area contributed by atoms with Crippen LogP contribution in [0.25, 0.3) is 0 Å². The SMILES string of the molecule is Cc1cc(S(=O)(=O)N2c3ccccc3N(C)C(=O)C2CC(=O)N(C)CCc2ccncc2)c(C)cc1Cl. The summed E-state index contributed by atoms with van der Waals surface area (Å²) in [5.74, 6) is -0.800. The number of amides is 2. The molecule has 2 heterocycles. The standard InChI is InChI=1S/C27H29ClN4O4S/c1-18-16-25(19(2)15-21(18)28)37(35,36)32-23-8-6-5-7-22(23)31(4)27(34)24(32)17-26(33)30(3)14-11-20-9-12-29-13-10-20/h5-10,12-13,15-16,24H,11,14,17H2,1-4H3. The number of fused-ring (bicyclic) bond motifs is 1. The summed E-state index contributed by atoms with van der Waals surface area (Å²) in [5, 5.41) is 0.453. The van der Waals surface area contributed by atoms with Gasteiger partial charge < -0.3 is 9.80 Å². The number of sulfonamides is 1. The summed E-state index contributed by atoms with van der Waals surface area (Å²) in [4.78, 5) is 33.8. The summed E-state index contributed by atoms with van der Waals surface area (Å²) in [7, 11) is -0.984. The minimum absolute atomic E-state index is 0.0463.